The van der Waals surface area contributed by atoms with Crippen LogP contribution in [0.5, 0.6) is 0 Å². The van der Waals surface area contributed by atoms with Crippen molar-refractivity contribution in [2.75, 3.05) is 0 Å². The lowest BCUT2D eigenvalue weighted by Gasteiger charge is -2.11. The number of thiazole rings is 1. The second kappa shape index (κ2) is 5.07. The Labute approximate surface area is 106 Å². The molecule has 2 aromatic rings. The molecule has 0 aromatic carbocycles. The van der Waals surface area contributed by atoms with Crippen molar-refractivity contribution in [3.05, 3.63) is 32.9 Å². The zero-order valence-corrected chi connectivity index (χ0v) is 11.2. The normalized spacial score (nSPS) is 12.9. The molecule has 1 atom stereocenters. The topological polar surface area (TPSA) is 50.9 Å². The first-order valence-electron chi connectivity index (χ1n) is 5.02. The van der Waals surface area contributed by atoms with Crippen LogP contribution >= 0.6 is 27.3 Å². The molecule has 0 fully saturated rings. The van der Waals surface area contributed by atoms with Crippen molar-refractivity contribution in [2.45, 2.75) is 26.0 Å². The molecule has 0 aliphatic heterocycles. The van der Waals surface area contributed by atoms with Gasteiger partial charge in [-0.15, -0.1) is 11.3 Å². The van der Waals surface area contributed by atoms with Crippen molar-refractivity contribution in [1.82, 2.24) is 14.8 Å². The molecule has 0 saturated heterocycles. The van der Waals surface area contributed by atoms with Gasteiger partial charge in [-0.3, -0.25) is 4.68 Å². The molecule has 6 heteroatoms. The fourth-order valence-corrected chi connectivity index (χ4v) is 2.93. The minimum absolute atomic E-state index is 0.657. The predicted octanol–water partition coefficient (Wildman–Crippen LogP) is 2.59. The molecule has 0 radical (unpaired) electrons. The third-order valence-electron chi connectivity index (χ3n) is 2.26. The van der Waals surface area contributed by atoms with E-state index in [2.05, 4.69) is 32.9 Å². The van der Waals surface area contributed by atoms with E-state index in [-0.39, 0.29) is 0 Å². The molecule has 1 N–H and O–H groups in total. The van der Waals surface area contributed by atoms with Gasteiger partial charge in [0.15, 0.2) is 0 Å². The van der Waals surface area contributed by atoms with Gasteiger partial charge >= 0.3 is 0 Å². The Morgan fingerprint density at radius 2 is 2.44 bits per heavy atom. The first kappa shape index (κ1) is 11.8. The van der Waals surface area contributed by atoms with Gasteiger partial charge in [0, 0.05) is 12.7 Å². The summed E-state index contributed by atoms with van der Waals surface area (Å²) in [5, 5.41) is 14.4. The van der Waals surface area contributed by atoms with Gasteiger partial charge in [-0.1, -0.05) is 6.92 Å². The van der Waals surface area contributed by atoms with Crippen LogP contribution in [0.1, 0.15) is 30.0 Å². The van der Waals surface area contributed by atoms with Crippen LogP contribution in [0.15, 0.2) is 22.4 Å². The van der Waals surface area contributed by atoms with Crippen molar-refractivity contribution >= 4 is 27.3 Å². The third kappa shape index (κ3) is 2.18. The van der Waals surface area contributed by atoms with E-state index in [0.29, 0.717) is 4.60 Å². The Kier molecular flexibility index (Phi) is 3.73. The van der Waals surface area contributed by atoms with Gasteiger partial charge in [-0.05, 0) is 28.4 Å². The minimum Gasteiger partial charge on any atom is -0.381 e. The standard InChI is InChI=1S/C10H12BrN3OS/c1-2-5-14-7(3-4-13-14)8(15)9-10(11)12-6-16-9/h3-4,6,8,15H,2,5H2,1H3. The third-order valence-corrected chi connectivity index (χ3v) is 4.04. The molecule has 0 aliphatic rings. The van der Waals surface area contributed by atoms with Gasteiger partial charge in [0.2, 0.25) is 0 Å². The lowest BCUT2D eigenvalue weighted by atomic mass is 10.2. The van der Waals surface area contributed by atoms with Crippen LogP contribution in [0.4, 0.5) is 0 Å². The number of aliphatic hydroxyl groups excluding tert-OH is 1. The lowest BCUT2D eigenvalue weighted by molar-refractivity contribution is 0.210. The smallest absolute Gasteiger partial charge is 0.132 e. The van der Waals surface area contributed by atoms with Crippen molar-refractivity contribution in [1.29, 1.82) is 0 Å². The van der Waals surface area contributed by atoms with Crippen molar-refractivity contribution < 1.29 is 5.11 Å². The maximum Gasteiger partial charge on any atom is 0.132 e. The molecule has 2 rings (SSSR count). The van der Waals surface area contributed by atoms with Crippen LogP contribution in [0, 0.1) is 0 Å². The molecule has 2 aromatic heterocycles. The van der Waals surface area contributed by atoms with Crippen LogP contribution in [-0.2, 0) is 6.54 Å². The summed E-state index contributed by atoms with van der Waals surface area (Å²) in [6.07, 6.45) is 2.05. The van der Waals surface area contributed by atoms with Crippen LogP contribution in [0.3, 0.4) is 0 Å². The summed E-state index contributed by atoms with van der Waals surface area (Å²) in [6, 6.07) is 1.84. The largest absolute Gasteiger partial charge is 0.381 e. The van der Waals surface area contributed by atoms with E-state index < -0.39 is 6.10 Å². The molecule has 0 spiro atoms. The van der Waals surface area contributed by atoms with E-state index in [4.69, 9.17) is 0 Å². The summed E-state index contributed by atoms with van der Waals surface area (Å²) in [5.74, 6) is 0. The van der Waals surface area contributed by atoms with Crippen LogP contribution in [-0.4, -0.2) is 19.9 Å². The first-order valence-corrected chi connectivity index (χ1v) is 6.70. The molecule has 0 bridgehead atoms. The molecule has 0 aliphatic carbocycles. The number of hydrogen-bond donors (Lipinski definition) is 1. The summed E-state index contributed by atoms with van der Waals surface area (Å²) in [4.78, 5) is 4.89. The summed E-state index contributed by atoms with van der Waals surface area (Å²) in [5.41, 5.74) is 2.52. The second-order valence-electron chi connectivity index (χ2n) is 3.39. The van der Waals surface area contributed by atoms with Gasteiger partial charge in [0.1, 0.15) is 10.7 Å². The van der Waals surface area contributed by atoms with E-state index >= 15 is 0 Å². The van der Waals surface area contributed by atoms with Crippen molar-refractivity contribution in [3.8, 4) is 0 Å². The molecule has 0 saturated carbocycles. The zero-order chi connectivity index (χ0) is 11.5. The fourth-order valence-electron chi connectivity index (χ4n) is 1.53. The number of halogens is 1. The number of rotatable bonds is 4. The van der Waals surface area contributed by atoms with Crippen LogP contribution in [0.25, 0.3) is 0 Å². The summed E-state index contributed by atoms with van der Waals surface area (Å²) in [7, 11) is 0. The second-order valence-corrected chi connectivity index (χ2v) is 5.03. The quantitative estimate of drug-likeness (QED) is 0.944. The Balaban J connectivity index is 2.30. The molecule has 0 amide bonds. The van der Waals surface area contributed by atoms with E-state index in [1.807, 2.05) is 10.7 Å². The fraction of sp³-hybridized carbons (Fsp3) is 0.400. The van der Waals surface area contributed by atoms with Gasteiger partial charge < -0.3 is 5.11 Å². The SMILES string of the molecule is CCCn1nccc1C(O)c1scnc1Br. The molecular weight excluding hydrogens is 290 g/mol. The van der Waals surface area contributed by atoms with Gasteiger partial charge in [-0.25, -0.2) is 4.98 Å². The van der Waals surface area contributed by atoms with E-state index in [0.717, 1.165) is 23.5 Å². The average molecular weight is 302 g/mol. The number of nitrogens with zero attached hydrogens (tertiary/aromatic N) is 3. The number of aliphatic hydroxyl groups is 1. The van der Waals surface area contributed by atoms with Crippen molar-refractivity contribution in [3.63, 3.8) is 0 Å². The summed E-state index contributed by atoms with van der Waals surface area (Å²) >= 11 is 4.76. The van der Waals surface area contributed by atoms with Crippen molar-refractivity contribution in [2.24, 2.45) is 0 Å². The number of aromatic nitrogens is 3. The van der Waals surface area contributed by atoms with Crippen LogP contribution < -0.4 is 0 Å². The Hall–Kier alpha value is -0.720. The Bertz CT molecular complexity index is 468. The zero-order valence-electron chi connectivity index (χ0n) is 8.80. The maximum absolute atomic E-state index is 10.2. The van der Waals surface area contributed by atoms with E-state index in [1.165, 1.54) is 11.3 Å². The highest BCUT2D eigenvalue weighted by atomic mass is 79.9. The van der Waals surface area contributed by atoms with Gasteiger partial charge in [-0.2, -0.15) is 5.10 Å². The Morgan fingerprint density at radius 3 is 3.06 bits per heavy atom. The number of hydrogen-bond acceptors (Lipinski definition) is 4. The Morgan fingerprint density at radius 1 is 1.62 bits per heavy atom. The maximum atomic E-state index is 10.2. The predicted molar refractivity (Wildman–Crippen MR) is 66.4 cm³/mol. The van der Waals surface area contributed by atoms with Gasteiger partial charge in [0.05, 0.1) is 16.1 Å². The highest BCUT2D eigenvalue weighted by Crippen LogP contribution is 2.30. The van der Waals surface area contributed by atoms with E-state index in [9.17, 15) is 5.11 Å². The molecule has 4 nitrogen and oxygen atoms in total. The summed E-state index contributed by atoms with van der Waals surface area (Å²) < 4.78 is 2.53. The highest BCUT2D eigenvalue weighted by molar-refractivity contribution is 9.10. The van der Waals surface area contributed by atoms with Gasteiger partial charge in [0.25, 0.3) is 0 Å². The molecule has 2 heterocycles. The molecule has 86 valence electrons. The molecular formula is C10H12BrN3OS. The highest BCUT2D eigenvalue weighted by Gasteiger charge is 2.19. The lowest BCUT2D eigenvalue weighted by Crippen LogP contribution is -2.09. The van der Waals surface area contributed by atoms with Crippen LogP contribution in [0.2, 0.25) is 0 Å². The molecule has 1 unspecified atom stereocenters. The minimum atomic E-state index is -0.657. The summed E-state index contributed by atoms with van der Waals surface area (Å²) in [6.45, 7) is 2.90. The average Bonchev–Trinajstić information content (AvgIpc) is 2.87. The molecule has 16 heavy (non-hydrogen) atoms. The first-order chi connectivity index (χ1) is 7.74. The van der Waals surface area contributed by atoms with E-state index in [1.54, 1.807) is 11.7 Å². The monoisotopic (exact) mass is 301 g/mol. The number of aryl methyl sites for hydroxylation is 1.